The lowest BCUT2D eigenvalue weighted by atomic mass is 10.1. The molecule has 96 valence electrons. The summed E-state index contributed by atoms with van der Waals surface area (Å²) in [4.78, 5) is 11.3. The van der Waals surface area contributed by atoms with Gasteiger partial charge in [-0.05, 0) is 19.1 Å². The molecule has 0 aliphatic carbocycles. The predicted octanol–water partition coefficient (Wildman–Crippen LogP) is 2.68. The Kier molecular flexibility index (Phi) is 2.59. The number of hydrogen-bond acceptors (Lipinski definition) is 3. The van der Waals surface area contributed by atoms with Crippen LogP contribution in [-0.2, 0) is 6.54 Å². The van der Waals surface area contributed by atoms with Crippen LogP contribution < -0.4 is 0 Å². The van der Waals surface area contributed by atoms with Gasteiger partial charge in [-0.25, -0.2) is 4.79 Å². The Labute approximate surface area is 109 Å². The van der Waals surface area contributed by atoms with Crippen LogP contribution in [-0.4, -0.2) is 20.9 Å². The first-order valence-electron chi connectivity index (χ1n) is 5.89. The van der Waals surface area contributed by atoms with Crippen molar-refractivity contribution < 1.29 is 14.3 Å². The number of benzene rings is 1. The zero-order valence-electron chi connectivity index (χ0n) is 10.3. The SMILES string of the molecule is Cc1ccn(Cc2c(C(=O)O)oc3ccccc23)n1. The topological polar surface area (TPSA) is 68.3 Å². The lowest BCUT2D eigenvalue weighted by Crippen LogP contribution is -2.05. The fourth-order valence-electron chi connectivity index (χ4n) is 2.14. The van der Waals surface area contributed by atoms with Crippen molar-refractivity contribution in [2.24, 2.45) is 0 Å². The second-order valence-electron chi connectivity index (χ2n) is 4.37. The molecule has 5 heteroatoms. The van der Waals surface area contributed by atoms with Crippen LogP contribution in [0.25, 0.3) is 11.0 Å². The highest BCUT2D eigenvalue weighted by molar-refractivity contribution is 5.95. The highest BCUT2D eigenvalue weighted by atomic mass is 16.4. The van der Waals surface area contributed by atoms with Crippen LogP contribution >= 0.6 is 0 Å². The Morgan fingerprint density at radius 1 is 1.37 bits per heavy atom. The molecular weight excluding hydrogens is 244 g/mol. The van der Waals surface area contributed by atoms with Crippen LogP contribution in [0.15, 0.2) is 40.9 Å². The summed E-state index contributed by atoms with van der Waals surface area (Å²) < 4.78 is 7.11. The van der Waals surface area contributed by atoms with Crippen LogP contribution in [0.4, 0.5) is 0 Å². The van der Waals surface area contributed by atoms with Gasteiger partial charge in [0, 0.05) is 17.1 Å². The number of nitrogens with zero attached hydrogens (tertiary/aromatic N) is 2. The van der Waals surface area contributed by atoms with Gasteiger partial charge in [0.2, 0.25) is 5.76 Å². The summed E-state index contributed by atoms with van der Waals surface area (Å²) in [6.07, 6.45) is 1.82. The Bertz CT molecular complexity index is 755. The summed E-state index contributed by atoms with van der Waals surface area (Å²) in [5, 5.41) is 14.3. The molecule has 0 amide bonds. The lowest BCUT2D eigenvalue weighted by molar-refractivity contribution is 0.0663. The minimum Gasteiger partial charge on any atom is -0.475 e. The molecule has 19 heavy (non-hydrogen) atoms. The van der Waals surface area contributed by atoms with E-state index < -0.39 is 5.97 Å². The molecule has 0 spiro atoms. The summed E-state index contributed by atoms with van der Waals surface area (Å²) in [6.45, 7) is 2.27. The summed E-state index contributed by atoms with van der Waals surface area (Å²) in [6, 6.07) is 9.18. The van der Waals surface area contributed by atoms with E-state index in [0.717, 1.165) is 11.1 Å². The van der Waals surface area contributed by atoms with E-state index in [1.807, 2.05) is 37.4 Å². The maximum atomic E-state index is 11.3. The second-order valence-corrected chi connectivity index (χ2v) is 4.37. The van der Waals surface area contributed by atoms with E-state index in [1.165, 1.54) is 0 Å². The molecule has 0 saturated heterocycles. The fraction of sp³-hybridized carbons (Fsp3) is 0.143. The van der Waals surface area contributed by atoms with Crippen LogP contribution in [0.1, 0.15) is 21.8 Å². The van der Waals surface area contributed by atoms with E-state index >= 15 is 0 Å². The third kappa shape index (κ3) is 1.99. The number of carbonyl (C=O) groups is 1. The molecule has 0 saturated carbocycles. The first kappa shape index (κ1) is 11.5. The maximum absolute atomic E-state index is 11.3. The molecule has 0 aliphatic rings. The van der Waals surface area contributed by atoms with Gasteiger partial charge in [0.25, 0.3) is 0 Å². The van der Waals surface area contributed by atoms with Gasteiger partial charge in [0.1, 0.15) is 5.58 Å². The van der Waals surface area contributed by atoms with Gasteiger partial charge >= 0.3 is 5.97 Å². The van der Waals surface area contributed by atoms with Crippen molar-refractivity contribution in [1.82, 2.24) is 9.78 Å². The zero-order valence-corrected chi connectivity index (χ0v) is 10.3. The number of carboxylic acids is 1. The molecule has 0 unspecified atom stereocenters. The van der Waals surface area contributed by atoms with Crippen molar-refractivity contribution in [2.75, 3.05) is 0 Å². The third-order valence-corrected chi connectivity index (χ3v) is 2.99. The number of carboxylic acid groups (broad SMARTS) is 1. The zero-order chi connectivity index (χ0) is 13.4. The molecule has 0 atom stereocenters. The molecule has 3 rings (SSSR count). The number of furan rings is 1. The van der Waals surface area contributed by atoms with E-state index in [1.54, 1.807) is 10.7 Å². The summed E-state index contributed by atoms with van der Waals surface area (Å²) in [7, 11) is 0. The van der Waals surface area contributed by atoms with Gasteiger partial charge in [-0.2, -0.15) is 5.10 Å². The first-order chi connectivity index (χ1) is 9.15. The van der Waals surface area contributed by atoms with Gasteiger partial charge in [0.15, 0.2) is 0 Å². The molecule has 1 aromatic carbocycles. The number of aromatic carboxylic acids is 1. The monoisotopic (exact) mass is 256 g/mol. The molecule has 0 aliphatic heterocycles. The fourth-order valence-corrected chi connectivity index (χ4v) is 2.14. The molecule has 0 fully saturated rings. The quantitative estimate of drug-likeness (QED) is 0.782. The number of para-hydroxylation sites is 1. The number of aryl methyl sites for hydroxylation is 1. The number of fused-ring (bicyclic) bond motifs is 1. The minimum atomic E-state index is -1.06. The van der Waals surface area contributed by atoms with Gasteiger partial charge in [-0.1, -0.05) is 18.2 Å². The molecular formula is C14H12N2O3. The highest BCUT2D eigenvalue weighted by Gasteiger charge is 2.19. The van der Waals surface area contributed by atoms with Gasteiger partial charge < -0.3 is 9.52 Å². The Morgan fingerprint density at radius 2 is 2.16 bits per heavy atom. The normalized spacial score (nSPS) is 11.0. The van der Waals surface area contributed by atoms with Crippen molar-refractivity contribution in [3.05, 3.63) is 53.5 Å². The minimum absolute atomic E-state index is 0.0191. The van der Waals surface area contributed by atoms with Gasteiger partial charge in [-0.15, -0.1) is 0 Å². The van der Waals surface area contributed by atoms with Crippen LogP contribution in [0.5, 0.6) is 0 Å². The average Bonchev–Trinajstić information content (AvgIpc) is 2.95. The van der Waals surface area contributed by atoms with Crippen molar-refractivity contribution in [3.8, 4) is 0 Å². The van der Waals surface area contributed by atoms with Crippen molar-refractivity contribution in [3.63, 3.8) is 0 Å². The van der Waals surface area contributed by atoms with E-state index in [9.17, 15) is 9.90 Å². The van der Waals surface area contributed by atoms with Crippen LogP contribution in [0.2, 0.25) is 0 Å². The third-order valence-electron chi connectivity index (χ3n) is 2.99. The van der Waals surface area contributed by atoms with Crippen LogP contribution in [0, 0.1) is 6.92 Å². The molecule has 5 nitrogen and oxygen atoms in total. The summed E-state index contributed by atoms with van der Waals surface area (Å²) in [5.74, 6) is -1.08. The molecule has 0 radical (unpaired) electrons. The molecule has 2 heterocycles. The van der Waals surface area contributed by atoms with Crippen LogP contribution in [0.3, 0.4) is 0 Å². The van der Waals surface area contributed by atoms with E-state index in [4.69, 9.17) is 4.42 Å². The smallest absolute Gasteiger partial charge is 0.372 e. The molecule has 3 aromatic rings. The highest BCUT2D eigenvalue weighted by Crippen LogP contribution is 2.26. The second kappa shape index (κ2) is 4.28. The number of rotatable bonds is 3. The molecule has 2 aromatic heterocycles. The van der Waals surface area contributed by atoms with Crippen molar-refractivity contribution in [2.45, 2.75) is 13.5 Å². The van der Waals surface area contributed by atoms with E-state index in [0.29, 0.717) is 17.7 Å². The Hall–Kier alpha value is -2.56. The average molecular weight is 256 g/mol. The Balaban J connectivity index is 2.14. The molecule has 0 bridgehead atoms. The standard InChI is InChI=1S/C14H12N2O3/c1-9-6-7-16(15-9)8-11-10-4-2-3-5-12(10)19-13(11)14(17)18/h2-7H,8H2,1H3,(H,17,18). The Morgan fingerprint density at radius 3 is 2.84 bits per heavy atom. The van der Waals surface area contributed by atoms with Crippen molar-refractivity contribution >= 4 is 16.9 Å². The van der Waals surface area contributed by atoms with E-state index in [2.05, 4.69) is 5.10 Å². The number of hydrogen-bond donors (Lipinski definition) is 1. The summed E-state index contributed by atoms with van der Waals surface area (Å²) in [5.41, 5.74) is 2.12. The lowest BCUT2D eigenvalue weighted by Gasteiger charge is -2.01. The predicted molar refractivity (Wildman–Crippen MR) is 69.2 cm³/mol. The summed E-state index contributed by atoms with van der Waals surface area (Å²) >= 11 is 0. The molecule has 1 N–H and O–H groups in total. The van der Waals surface area contributed by atoms with Crippen molar-refractivity contribution in [1.29, 1.82) is 0 Å². The van der Waals surface area contributed by atoms with E-state index in [-0.39, 0.29) is 5.76 Å². The maximum Gasteiger partial charge on any atom is 0.372 e. The first-order valence-corrected chi connectivity index (χ1v) is 5.89. The number of aromatic nitrogens is 2. The van der Waals surface area contributed by atoms with Gasteiger partial charge in [0.05, 0.1) is 12.2 Å². The largest absolute Gasteiger partial charge is 0.475 e. The van der Waals surface area contributed by atoms with Gasteiger partial charge in [-0.3, -0.25) is 4.68 Å².